The van der Waals surface area contributed by atoms with Gasteiger partial charge in [0.1, 0.15) is 5.82 Å². The summed E-state index contributed by atoms with van der Waals surface area (Å²) in [6, 6.07) is 8.20. The van der Waals surface area contributed by atoms with Crippen LogP contribution in [0.5, 0.6) is 0 Å². The molecule has 5 heteroatoms. The minimum Gasteiger partial charge on any atom is -0.382 e. The Labute approximate surface area is 122 Å². The molecular weight excluding hydrogens is 272 g/mol. The van der Waals surface area contributed by atoms with Crippen molar-refractivity contribution < 1.29 is 8.78 Å². The Morgan fingerprint density at radius 2 is 2.00 bits per heavy atom. The second kappa shape index (κ2) is 6.08. The molecule has 1 N–H and O–H groups in total. The number of halogens is 2. The summed E-state index contributed by atoms with van der Waals surface area (Å²) in [5.41, 5.74) is 1.53. The number of pyridine rings is 1. The first-order chi connectivity index (χ1) is 10.2. The lowest BCUT2D eigenvalue weighted by Gasteiger charge is -2.19. The maximum atomic E-state index is 13.5. The quantitative estimate of drug-likeness (QED) is 0.936. The average molecular weight is 289 g/mol. The van der Waals surface area contributed by atoms with Gasteiger partial charge < -0.3 is 10.2 Å². The lowest BCUT2D eigenvalue weighted by Crippen LogP contribution is -2.22. The first kappa shape index (κ1) is 13.8. The standard InChI is InChI=1S/C16H17F2N3/c17-13-1-3-14(4-2-13)21-8-6-12(11-21)9-20-16-5-7-19-10-15(16)18/h1-5,7,10,12H,6,8-9,11H2,(H,19,20)/t12-/m1/s1. The molecule has 0 radical (unpaired) electrons. The van der Waals surface area contributed by atoms with Crippen LogP contribution in [-0.4, -0.2) is 24.6 Å². The highest BCUT2D eigenvalue weighted by Crippen LogP contribution is 2.24. The fraction of sp³-hybridized carbons (Fsp3) is 0.312. The Morgan fingerprint density at radius 1 is 1.19 bits per heavy atom. The second-order valence-electron chi connectivity index (χ2n) is 5.31. The summed E-state index contributed by atoms with van der Waals surface area (Å²) >= 11 is 0. The number of nitrogens with one attached hydrogen (secondary N) is 1. The predicted octanol–water partition coefficient (Wildman–Crippen LogP) is 3.30. The highest BCUT2D eigenvalue weighted by Gasteiger charge is 2.22. The summed E-state index contributed by atoms with van der Waals surface area (Å²) in [5, 5.41) is 3.13. The molecule has 1 atom stereocenters. The van der Waals surface area contributed by atoms with E-state index in [1.54, 1.807) is 24.4 Å². The molecule has 1 aliphatic rings. The molecule has 1 aromatic carbocycles. The smallest absolute Gasteiger partial charge is 0.164 e. The predicted molar refractivity (Wildman–Crippen MR) is 79.4 cm³/mol. The van der Waals surface area contributed by atoms with Gasteiger partial charge in [0, 0.05) is 31.5 Å². The van der Waals surface area contributed by atoms with Gasteiger partial charge >= 0.3 is 0 Å². The van der Waals surface area contributed by atoms with Crippen LogP contribution in [0.1, 0.15) is 6.42 Å². The van der Waals surface area contributed by atoms with Crippen molar-refractivity contribution in [1.29, 1.82) is 0 Å². The van der Waals surface area contributed by atoms with E-state index in [1.165, 1.54) is 18.3 Å². The number of hydrogen-bond donors (Lipinski definition) is 1. The number of anilines is 2. The van der Waals surface area contributed by atoms with E-state index in [0.717, 1.165) is 31.7 Å². The molecular formula is C16H17F2N3. The molecule has 1 saturated heterocycles. The van der Waals surface area contributed by atoms with Gasteiger partial charge in [0.25, 0.3) is 0 Å². The van der Waals surface area contributed by atoms with E-state index >= 15 is 0 Å². The van der Waals surface area contributed by atoms with Gasteiger partial charge in [-0.1, -0.05) is 0 Å². The summed E-state index contributed by atoms with van der Waals surface area (Å²) in [6.07, 6.45) is 3.82. The minimum atomic E-state index is -0.328. The van der Waals surface area contributed by atoms with Gasteiger partial charge in [-0.05, 0) is 42.7 Å². The van der Waals surface area contributed by atoms with Crippen LogP contribution < -0.4 is 10.2 Å². The monoisotopic (exact) mass is 289 g/mol. The SMILES string of the molecule is Fc1ccc(N2CC[C@H](CNc3ccncc3F)C2)cc1. The van der Waals surface area contributed by atoms with Gasteiger partial charge in [0.05, 0.1) is 11.9 Å². The van der Waals surface area contributed by atoms with Crippen molar-refractivity contribution in [3.05, 3.63) is 54.4 Å². The Balaban J connectivity index is 1.55. The molecule has 0 saturated carbocycles. The summed E-state index contributed by atoms with van der Waals surface area (Å²) in [7, 11) is 0. The molecule has 110 valence electrons. The third-order valence-electron chi connectivity index (χ3n) is 3.83. The van der Waals surface area contributed by atoms with Crippen LogP contribution in [0.4, 0.5) is 20.2 Å². The van der Waals surface area contributed by atoms with Gasteiger partial charge in [0.2, 0.25) is 0 Å². The van der Waals surface area contributed by atoms with Crippen LogP contribution in [-0.2, 0) is 0 Å². The number of aromatic nitrogens is 1. The summed E-state index contributed by atoms with van der Waals surface area (Å²) < 4.78 is 26.4. The normalized spacial score (nSPS) is 18.0. The Bertz CT molecular complexity index is 601. The maximum absolute atomic E-state index is 13.5. The highest BCUT2D eigenvalue weighted by molar-refractivity contribution is 5.47. The zero-order valence-electron chi connectivity index (χ0n) is 11.6. The molecule has 21 heavy (non-hydrogen) atoms. The zero-order valence-corrected chi connectivity index (χ0v) is 11.6. The van der Waals surface area contributed by atoms with Crippen LogP contribution in [0.25, 0.3) is 0 Å². The molecule has 0 aliphatic carbocycles. The number of hydrogen-bond acceptors (Lipinski definition) is 3. The van der Waals surface area contributed by atoms with Crippen molar-refractivity contribution in [3.8, 4) is 0 Å². The Hall–Kier alpha value is -2.17. The average Bonchev–Trinajstić information content (AvgIpc) is 2.96. The van der Waals surface area contributed by atoms with Gasteiger partial charge in [-0.15, -0.1) is 0 Å². The number of benzene rings is 1. The highest BCUT2D eigenvalue weighted by atomic mass is 19.1. The van der Waals surface area contributed by atoms with E-state index in [-0.39, 0.29) is 11.6 Å². The first-order valence-corrected chi connectivity index (χ1v) is 7.06. The molecule has 1 aromatic heterocycles. The topological polar surface area (TPSA) is 28.2 Å². The van der Waals surface area contributed by atoms with Gasteiger partial charge in [-0.3, -0.25) is 4.98 Å². The molecule has 0 amide bonds. The van der Waals surface area contributed by atoms with Gasteiger partial charge in [-0.25, -0.2) is 8.78 Å². The lowest BCUT2D eigenvalue weighted by atomic mass is 10.1. The van der Waals surface area contributed by atoms with Crippen LogP contribution in [0.3, 0.4) is 0 Å². The first-order valence-electron chi connectivity index (χ1n) is 7.06. The second-order valence-corrected chi connectivity index (χ2v) is 5.31. The molecule has 1 fully saturated rings. The van der Waals surface area contributed by atoms with Gasteiger partial charge in [-0.2, -0.15) is 0 Å². The van der Waals surface area contributed by atoms with Crippen LogP contribution in [0, 0.1) is 17.6 Å². The van der Waals surface area contributed by atoms with E-state index < -0.39 is 0 Å². The van der Waals surface area contributed by atoms with E-state index in [0.29, 0.717) is 11.6 Å². The van der Waals surface area contributed by atoms with Gasteiger partial charge in [0.15, 0.2) is 5.82 Å². The molecule has 2 aromatic rings. The molecule has 2 heterocycles. The van der Waals surface area contributed by atoms with Crippen molar-refractivity contribution in [2.75, 3.05) is 29.9 Å². The maximum Gasteiger partial charge on any atom is 0.164 e. The molecule has 3 nitrogen and oxygen atoms in total. The minimum absolute atomic E-state index is 0.218. The Kier molecular flexibility index (Phi) is 3.99. The van der Waals surface area contributed by atoms with Crippen molar-refractivity contribution in [2.45, 2.75) is 6.42 Å². The van der Waals surface area contributed by atoms with Crippen LogP contribution >= 0.6 is 0 Å². The number of nitrogens with zero attached hydrogens (tertiary/aromatic N) is 2. The molecule has 0 unspecified atom stereocenters. The Morgan fingerprint density at radius 3 is 2.76 bits per heavy atom. The van der Waals surface area contributed by atoms with Crippen molar-refractivity contribution in [2.24, 2.45) is 5.92 Å². The zero-order chi connectivity index (χ0) is 14.7. The van der Waals surface area contributed by atoms with Crippen molar-refractivity contribution in [3.63, 3.8) is 0 Å². The summed E-state index contributed by atoms with van der Waals surface area (Å²) in [5.74, 6) is -0.0992. The van der Waals surface area contributed by atoms with E-state index in [2.05, 4.69) is 15.2 Å². The summed E-state index contributed by atoms with van der Waals surface area (Å²) in [4.78, 5) is 5.96. The van der Waals surface area contributed by atoms with Crippen LogP contribution in [0.2, 0.25) is 0 Å². The van der Waals surface area contributed by atoms with Crippen molar-refractivity contribution in [1.82, 2.24) is 4.98 Å². The van der Waals surface area contributed by atoms with E-state index in [4.69, 9.17) is 0 Å². The fourth-order valence-electron chi connectivity index (χ4n) is 2.66. The third-order valence-corrected chi connectivity index (χ3v) is 3.83. The molecule has 1 aliphatic heterocycles. The van der Waals surface area contributed by atoms with E-state index in [1.807, 2.05) is 0 Å². The largest absolute Gasteiger partial charge is 0.382 e. The molecule has 3 rings (SSSR count). The third kappa shape index (κ3) is 3.29. The fourth-order valence-corrected chi connectivity index (χ4v) is 2.66. The molecule has 0 spiro atoms. The van der Waals surface area contributed by atoms with E-state index in [9.17, 15) is 8.78 Å². The summed E-state index contributed by atoms with van der Waals surface area (Å²) in [6.45, 7) is 2.56. The van der Waals surface area contributed by atoms with Crippen molar-refractivity contribution >= 4 is 11.4 Å². The van der Waals surface area contributed by atoms with Crippen LogP contribution in [0.15, 0.2) is 42.7 Å². The number of rotatable bonds is 4. The lowest BCUT2D eigenvalue weighted by molar-refractivity contribution is 0.603. The molecule has 0 bridgehead atoms.